The zero-order valence-corrected chi connectivity index (χ0v) is 15.7. The second-order valence-electron chi connectivity index (χ2n) is 6.14. The number of nitrogens with one attached hydrogen (secondary N) is 1. The van der Waals surface area contributed by atoms with Gasteiger partial charge in [-0.3, -0.25) is 9.69 Å². The van der Waals surface area contributed by atoms with E-state index in [0.717, 1.165) is 58.0 Å². The summed E-state index contributed by atoms with van der Waals surface area (Å²) in [5.74, 6) is 0.151. The van der Waals surface area contributed by atoms with Gasteiger partial charge in [0.05, 0.1) is 13.2 Å². The van der Waals surface area contributed by atoms with Gasteiger partial charge in [-0.1, -0.05) is 12.1 Å². The Morgan fingerprint density at radius 3 is 2.71 bits per heavy atom. The fraction of sp³-hybridized carbons (Fsp3) is 0.588. The van der Waals surface area contributed by atoms with Crippen molar-refractivity contribution in [2.24, 2.45) is 0 Å². The molecular formula is C17H27Cl2N3O2. The normalized spacial score (nSPS) is 21.5. The summed E-state index contributed by atoms with van der Waals surface area (Å²) in [6.07, 6.45) is 0. The van der Waals surface area contributed by atoms with Crippen LogP contribution in [0.3, 0.4) is 0 Å². The van der Waals surface area contributed by atoms with Crippen molar-refractivity contribution in [3.63, 3.8) is 0 Å². The molecule has 2 aliphatic heterocycles. The Labute approximate surface area is 156 Å². The van der Waals surface area contributed by atoms with Crippen molar-refractivity contribution < 1.29 is 9.53 Å². The fourth-order valence-corrected chi connectivity index (χ4v) is 3.13. The number of amides is 1. The largest absolute Gasteiger partial charge is 0.379 e. The molecule has 0 spiro atoms. The lowest BCUT2D eigenvalue weighted by molar-refractivity contribution is 0.0341. The van der Waals surface area contributed by atoms with Gasteiger partial charge >= 0.3 is 0 Å². The summed E-state index contributed by atoms with van der Waals surface area (Å²) in [5, 5.41) is 3.32. The Morgan fingerprint density at radius 1 is 1.25 bits per heavy atom. The van der Waals surface area contributed by atoms with E-state index in [-0.39, 0.29) is 36.8 Å². The number of benzene rings is 1. The van der Waals surface area contributed by atoms with Gasteiger partial charge in [0.2, 0.25) is 0 Å². The molecule has 0 aromatic heterocycles. The van der Waals surface area contributed by atoms with Crippen molar-refractivity contribution in [3.05, 3.63) is 35.4 Å². The maximum Gasteiger partial charge on any atom is 0.254 e. The molecule has 1 N–H and O–H groups in total. The molecule has 0 bridgehead atoms. The molecule has 3 rings (SSSR count). The maximum absolute atomic E-state index is 12.7. The molecule has 2 fully saturated rings. The van der Waals surface area contributed by atoms with Gasteiger partial charge in [-0.05, 0) is 24.6 Å². The van der Waals surface area contributed by atoms with E-state index in [1.165, 1.54) is 5.56 Å². The first-order valence-corrected chi connectivity index (χ1v) is 8.15. The molecule has 1 aromatic carbocycles. The number of halogens is 2. The number of nitrogens with zero attached hydrogens (tertiary/aromatic N) is 2. The zero-order chi connectivity index (χ0) is 15.4. The monoisotopic (exact) mass is 375 g/mol. The smallest absolute Gasteiger partial charge is 0.254 e. The molecule has 24 heavy (non-hydrogen) atoms. The van der Waals surface area contributed by atoms with Crippen LogP contribution < -0.4 is 5.32 Å². The molecule has 7 heteroatoms. The van der Waals surface area contributed by atoms with Gasteiger partial charge in [-0.2, -0.15) is 0 Å². The average molecular weight is 376 g/mol. The third kappa shape index (κ3) is 5.33. The molecule has 2 aliphatic rings. The van der Waals surface area contributed by atoms with Gasteiger partial charge in [-0.15, -0.1) is 24.8 Å². The van der Waals surface area contributed by atoms with Crippen LogP contribution in [-0.4, -0.2) is 67.7 Å². The summed E-state index contributed by atoms with van der Waals surface area (Å²) in [5.41, 5.74) is 2.01. The van der Waals surface area contributed by atoms with Gasteiger partial charge in [0.15, 0.2) is 0 Å². The molecule has 136 valence electrons. The van der Waals surface area contributed by atoms with Crippen molar-refractivity contribution in [3.8, 4) is 0 Å². The number of hydrogen-bond acceptors (Lipinski definition) is 4. The summed E-state index contributed by atoms with van der Waals surface area (Å²) < 4.78 is 5.38. The highest BCUT2D eigenvalue weighted by Gasteiger charge is 2.24. The first kappa shape index (κ1) is 21.2. The number of carbonyl (C=O) groups excluding carboxylic acids is 1. The molecule has 0 radical (unpaired) electrons. The molecule has 1 atom stereocenters. The Kier molecular flexibility index (Phi) is 9.02. The Bertz CT molecular complexity index is 524. The van der Waals surface area contributed by atoms with E-state index >= 15 is 0 Å². The number of ether oxygens (including phenoxy) is 1. The van der Waals surface area contributed by atoms with Gasteiger partial charge in [0, 0.05) is 50.9 Å². The fourth-order valence-electron chi connectivity index (χ4n) is 3.13. The van der Waals surface area contributed by atoms with E-state index in [9.17, 15) is 4.79 Å². The van der Waals surface area contributed by atoms with Crippen molar-refractivity contribution >= 4 is 30.7 Å². The van der Waals surface area contributed by atoms with Gasteiger partial charge in [-0.25, -0.2) is 0 Å². The zero-order valence-electron chi connectivity index (χ0n) is 14.1. The molecule has 2 heterocycles. The van der Waals surface area contributed by atoms with Gasteiger partial charge in [0.1, 0.15) is 0 Å². The van der Waals surface area contributed by atoms with Crippen molar-refractivity contribution in [1.82, 2.24) is 15.1 Å². The Hall–Kier alpha value is -0.850. The summed E-state index contributed by atoms with van der Waals surface area (Å²) in [6.45, 7) is 9.06. The maximum atomic E-state index is 12.7. The standard InChI is InChI=1S/C17H25N3O2.2ClH/c1-14-12-18-5-6-20(14)17(21)16-4-2-3-15(11-16)13-19-7-9-22-10-8-19;;/h2-4,11,14,18H,5-10,12-13H2,1H3;2*1H/t14-;;/m1../s1. The molecule has 1 aromatic rings. The lowest BCUT2D eigenvalue weighted by atomic mass is 10.1. The predicted octanol–water partition coefficient (Wildman–Crippen LogP) is 1.80. The van der Waals surface area contributed by atoms with Crippen molar-refractivity contribution in [2.75, 3.05) is 45.9 Å². The van der Waals surface area contributed by atoms with Crippen LogP contribution in [0, 0.1) is 0 Å². The van der Waals surface area contributed by atoms with Crippen LogP contribution in [0.2, 0.25) is 0 Å². The number of carbonyl (C=O) groups is 1. The SMILES string of the molecule is C[C@@H]1CNCCN1C(=O)c1cccc(CN2CCOCC2)c1.Cl.Cl. The number of piperazine rings is 1. The number of hydrogen-bond donors (Lipinski definition) is 1. The molecule has 2 saturated heterocycles. The summed E-state index contributed by atoms with van der Waals surface area (Å²) >= 11 is 0. The van der Waals surface area contributed by atoms with Gasteiger partial charge < -0.3 is 15.0 Å². The summed E-state index contributed by atoms with van der Waals surface area (Å²) in [6, 6.07) is 8.33. The van der Waals surface area contributed by atoms with E-state index in [2.05, 4.69) is 23.2 Å². The van der Waals surface area contributed by atoms with Crippen LogP contribution >= 0.6 is 24.8 Å². The van der Waals surface area contributed by atoms with Crippen LogP contribution in [-0.2, 0) is 11.3 Å². The Morgan fingerprint density at radius 2 is 2.00 bits per heavy atom. The molecule has 5 nitrogen and oxygen atoms in total. The first-order valence-electron chi connectivity index (χ1n) is 8.15. The lowest BCUT2D eigenvalue weighted by Crippen LogP contribution is -2.52. The first-order chi connectivity index (χ1) is 10.7. The second-order valence-corrected chi connectivity index (χ2v) is 6.14. The summed E-state index contributed by atoms with van der Waals surface area (Å²) in [7, 11) is 0. The quantitative estimate of drug-likeness (QED) is 0.874. The molecular weight excluding hydrogens is 349 g/mol. The van der Waals surface area contributed by atoms with Crippen molar-refractivity contribution in [1.29, 1.82) is 0 Å². The number of rotatable bonds is 3. The van der Waals surface area contributed by atoms with Crippen LogP contribution in [0.1, 0.15) is 22.8 Å². The topological polar surface area (TPSA) is 44.8 Å². The van der Waals surface area contributed by atoms with E-state index in [1.807, 2.05) is 23.1 Å². The second kappa shape index (κ2) is 10.2. The van der Waals surface area contributed by atoms with Gasteiger partial charge in [0.25, 0.3) is 5.91 Å². The minimum absolute atomic E-state index is 0. The average Bonchev–Trinajstić information content (AvgIpc) is 2.56. The minimum atomic E-state index is 0. The lowest BCUT2D eigenvalue weighted by Gasteiger charge is -2.34. The van der Waals surface area contributed by atoms with Crippen LogP contribution in [0.5, 0.6) is 0 Å². The van der Waals surface area contributed by atoms with E-state index in [4.69, 9.17) is 4.74 Å². The molecule has 0 unspecified atom stereocenters. The number of morpholine rings is 1. The highest BCUT2D eigenvalue weighted by atomic mass is 35.5. The Balaban J connectivity index is 0.00000144. The van der Waals surface area contributed by atoms with Crippen LogP contribution in [0.4, 0.5) is 0 Å². The third-order valence-corrected chi connectivity index (χ3v) is 4.45. The van der Waals surface area contributed by atoms with E-state index in [0.29, 0.717) is 0 Å². The minimum Gasteiger partial charge on any atom is -0.379 e. The van der Waals surface area contributed by atoms with E-state index in [1.54, 1.807) is 0 Å². The van der Waals surface area contributed by atoms with Crippen LogP contribution in [0.25, 0.3) is 0 Å². The van der Waals surface area contributed by atoms with Crippen LogP contribution in [0.15, 0.2) is 24.3 Å². The highest BCUT2D eigenvalue weighted by molar-refractivity contribution is 5.94. The molecule has 1 amide bonds. The third-order valence-electron chi connectivity index (χ3n) is 4.45. The summed E-state index contributed by atoms with van der Waals surface area (Å²) in [4.78, 5) is 17.1. The highest BCUT2D eigenvalue weighted by Crippen LogP contribution is 2.14. The molecule has 0 saturated carbocycles. The predicted molar refractivity (Wildman–Crippen MR) is 100 cm³/mol. The molecule has 0 aliphatic carbocycles. The van der Waals surface area contributed by atoms with Crippen molar-refractivity contribution in [2.45, 2.75) is 19.5 Å². The van der Waals surface area contributed by atoms with E-state index < -0.39 is 0 Å².